The van der Waals surface area contributed by atoms with Gasteiger partial charge in [-0.2, -0.15) is 5.10 Å². The maximum Gasteiger partial charge on any atom is 0.352 e. The summed E-state index contributed by atoms with van der Waals surface area (Å²) < 4.78 is 0. The lowest BCUT2D eigenvalue weighted by atomic mass is 9.84. The van der Waals surface area contributed by atoms with Crippen LogP contribution in [-0.2, 0) is 11.2 Å². The van der Waals surface area contributed by atoms with Gasteiger partial charge >= 0.3 is 5.97 Å². The molecule has 0 amide bonds. The molecule has 0 saturated heterocycles. The quantitative estimate of drug-likeness (QED) is 0.245. The third-order valence-electron chi connectivity index (χ3n) is 5.87. The number of rotatable bonds is 8. The smallest absolute Gasteiger partial charge is 0.352 e. The molecule has 0 atom stereocenters. The number of anilines is 1. The Morgan fingerprint density at radius 3 is 2.58 bits per heavy atom. The number of aliphatic carboxylic acids is 1. The second kappa shape index (κ2) is 10.4. The number of hydrazone groups is 1. The van der Waals surface area contributed by atoms with E-state index in [0.717, 1.165) is 11.3 Å². The monoisotopic (exact) mass is 464 g/mol. The van der Waals surface area contributed by atoms with Crippen molar-refractivity contribution >= 4 is 33.8 Å². The summed E-state index contributed by atoms with van der Waals surface area (Å²) in [7, 11) is 0. The van der Waals surface area contributed by atoms with Gasteiger partial charge in [0.05, 0.1) is 10.6 Å². The zero-order chi connectivity index (χ0) is 23.2. The van der Waals surface area contributed by atoms with Crippen molar-refractivity contribution in [1.82, 2.24) is 4.98 Å². The third kappa shape index (κ3) is 5.61. The van der Waals surface area contributed by atoms with E-state index in [9.17, 15) is 20.0 Å². The van der Waals surface area contributed by atoms with E-state index in [1.807, 2.05) is 5.38 Å². The summed E-state index contributed by atoms with van der Waals surface area (Å²) in [5.74, 6) is -0.611. The minimum absolute atomic E-state index is 0.139. The summed E-state index contributed by atoms with van der Waals surface area (Å²) in [4.78, 5) is 26.8. The SMILES string of the molecule is O=C(O)/C(Cc1ccccc1[N+](=O)[O-])=N\Nc1nc(-c2ccc(C3CCCCC3)cc2)cs1. The van der Waals surface area contributed by atoms with Gasteiger partial charge < -0.3 is 5.11 Å². The molecule has 0 aliphatic heterocycles. The fraction of sp³-hybridized carbons (Fsp3) is 0.292. The van der Waals surface area contributed by atoms with Crippen LogP contribution in [0.4, 0.5) is 10.8 Å². The normalized spacial score (nSPS) is 14.7. The lowest BCUT2D eigenvalue weighted by Gasteiger charge is -2.22. The summed E-state index contributed by atoms with van der Waals surface area (Å²) in [6.45, 7) is 0. The number of carboxylic acid groups (broad SMARTS) is 1. The fourth-order valence-corrected chi connectivity index (χ4v) is 4.78. The number of hydrogen-bond donors (Lipinski definition) is 2. The number of carbonyl (C=O) groups is 1. The Morgan fingerprint density at radius 2 is 1.88 bits per heavy atom. The number of hydrogen-bond acceptors (Lipinski definition) is 7. The van der Waals surface area contributed by atoms with Crippen LogP contribution in [0.3, 0.4) is 0 Å². The molecule has 33 heavy (non-hydrogen) atoms. The molecule has 3 aromatic rings. The molecule has 0 spiro atoms. The van der Waals surface area contributed by atoms with Crippen molar-refractivity contribution in [3.05, 3.63) is 75.2 Å². The molecule has 1 aliphatic carbocycles. The van der Waals surface area contributed by atoms with Crippen LogP contribution in [0.2, 0.25) is 0 Å². The summed E-state index contributed by atoms with van der Waals surface area (Å²) in [6.07, 6.45) is 6.24. The zero-order valence-electron chi connectivity index (χ0n) is 17.9. The van der Waals surface area contributed by atoms with Crippen molar-refractivity contribution in [2.75, 3.05) is 5.43 Å². The average molecular weight is 465 g/mol. The van der Waals surface area contributed by atoms with E-state index in [-0.39, 0.29) is 23.4 Å². The lowest BCUT2D eigenvalue weighted by Crippen LogP contribution is -2.18. The van der Waals surface area contributed by atoms with Crippen molar-refractivity contribution in [3.8, 4) is 11.3 Å². The highest BCUT2D eigenvalue weighted by atomic mass is 32.1. The first kappa shape index (κ1) is 22.6. The Balaban J connectivity index is 1.45. The van der Waals surface area contributed by atoms with Crippen LogP contribution in [0.25, 0.3) is 11.3 Å². The van der Waals surface area contributed by atoms with E-state index in [0.29, 0.717) is 11.0 Å². The number of aromatic nitrogens is 1. The fourth-order valence-electron chi connectivity index (χ4n) is 4.12. The van der Waals surface area contributed by atoms with Crippen molar-refractivity contribution in [3.63, 3.8) is 0 Å². The molecule has 2 N–H and O–H groups in total. The van der Waals surface area contributed by atoms with E-state index in [4.69, 9.17) is 0 Å². The summed E-state index contributed by atoms with van der Waals surface area (Å²) >= 11 is 1.31. The van der Waals surface area contributed by atoms with Gasteiger partial charge in [0.1, 0.15) is 5.71 Å². The molecule has 2 aromatic carbocycles. The van der Waals surface area contributed by atoms with E-state index in [1.54, 1.807) is 6.07 Å². The van der Waals surface area contributed by atoms with Gasteiger partial charge in [0.15, 0.2) is 0 Å². The van der Waals surface area contributed by atoms with Crippen LogP contribution in [0.15, 0.2) is 59.0 Å². The molecule has 1 saturated carbocycles. The van der Waals surface area contributed by atoms with E-state index < -0.39 is 10.9 Å². The molecule has 1 aliphatic rings. The van der Waals surface area contributed by atoms with Gasteiger partial charge in [-0.05, 0) is 24.3 Å². The molecule has 1 heterocycles. The number of nitrogens with zero attached hydrogens (tertiary/aromatic N) is 3. The van der Waals surface area contributed by atoms with Gasteiger partial charge in [-0.1, -0.05) is 61.7 Å². The Hall–Kier alpha value is -3.59. The number of carboxylic acids is 1. The van der Waals surface area contributed by atoms with Gasteiger partial charge in [-0.3, -0.25) is 15.5 Å². The maximum absolute atomic E-state index is 11.6. The largest absolute Gasteiger partial charge is 0.477 e. The lowest BCUT2D eigenvalue weighted by molar-refractivity contribution is -0.385. The van der Waals surface area contributed by atoms with Crippen molar-refractivity contribution in [1.29, 1.82) is 0 Å². The van der Waals surface area contributed by atoms with Crippen molar-refractivity contribution in [2.24, 2.45) is 5.10 Å². The summed E-state index contributed by atoms with van der Waals surface area (Å²) in [6, 6.07) is 14.5. The van der Waals surface area contributed by atoms with Crippen LogP contribution in [-0.4, -0.2) is 26.7 Å². The first-order chi connectivity index (χ1) is 16.0. The van der Waals surface area contributed by atoms with Gasteiger partial charge in [-0.15, -0.1) is 11.3 Å². The zero-order valence-corrected chi connectivity index (χ0v) is 18.8. The van der Waals surface area contributed by atoms with Crippen LogP contribution in [0, 0.1) is 10.1 Å². The Kier molecular flexibility index (Phi) is 7.09. The van der Waals surface area contributed by atoms with Crippen molar-refractivity contribution in [2.45, 2.75) is 44.4 Å². The molecular formula is C24H24N4O4S. The molecule has 0 radical (unpaired) electrons. The van der Waals surface area contributed by atoms with Gasteiger partial charge in [0, 0.05) is 29.0 Å². The number of nitro benzene ring substituents is 1. The first-order valence-corrected chi connectivity index (χ1v) is 11.7. The Morgan fingerprint density at radius 1 is 1.15 bits per heavy atom. The number of nitrogens with one attached hydrogen (secondary N) is 1. The third-order valence-corrected chi connectivity index (χ3v) is 6.61. The molecule has 1 fully saturated rings. The molecule has 9 heteroatoms. The van der Waals surface area contributed by atoms with Gasteiger partial charge in [0.25, 0.3) is 5.69 Å². The molecule has 1 aromatic heterocycles. The summed E-state index contributed by atoms with van der Waals surface area (Å²) in [5, 5.41) is 27.0. The number of benzene rings is 2. The second-order valence-corrected chi connectivity index (χ2v) is 8.89. The van der Waals surface area contributed by atoms with Gasteiger partial charge in [0.2, 0.25) is 5.13 Å². The molecule has 0 bridgehead atoms. The van der Waals surface area contributed by atoms with Crippen LogP contribution in [0.5, 0.6) is 0 Å². The molecular weight excluding hydrogens is 440 g/mol. The number of nitro groups is 1. The topological polar surface area (TPSA) is 118 Å². The van der Waals surface area contributed by atoms with E-state index in [2.05, 4.69) is 39.8 Å². The van der Waals surface area contributed by atoms with Gasteiger partial charge in [-0.25, -0.2) is 9.78 Å². The minimum atomic E-state index is -1.25. The molecule has 8 nitrogen and oxygen atoms in total. The first-order valence-electron chi connectivity index (χ1n) is 10.9. The molecule has 170 valence electrons. The predicted octanol–water partition coefficient (Wildman–Crippen LogP) is 5.86. The highest BCUT2D eigenvalue weighted by Crippen LogP contribution is 2.34. The second-order valence-electron chi connectivity index (χ2n) is 8.03. The average Bonchev–Trinajstić information content (AvgIpc) is 3.31. The van der Waals surface area contributed by atoms with E-state index >= 15 is 0 Å². The minimum Gasteiger partial charge on any atom is -0.477 e. The highest BCUT2D eigenvalue weighted by molar-refractivity contribution is 7.14. The van der Waals surface area contributed by atoms with Crippen LogP contribution < -0.4 is 5.43 Å². The van der Waals surface area contributed by atoms with Crippen molar-refractivity contribution < 1.29 is 14.8 Å². The molecule has 4 rings (SSSR count). The highest BCUT2D eigenvalue weighted by Gasteiger charge is 2.19. The maximum atomic E-state index is 11.6. The van der Waals surface area contributed by atoms with Crippen LogP contribution in [0.1, 0.15) is 49.1 Å². The Bertz CT molecular complexity index is 1170. The standard InChI is InChI=1S/C24H24N4O4S/c29-23(30)20(14-19-8-4-5-9-22(19)28(31)32)26-27-24-25-21(15-33-24)18-12-10-17(11-13-18)16-6-2-1-3-7-16/h4-5,8-13,15-16H,1-3,6-7,14H2,(H,25,27)(H,29,30)/b26-20-. The van der Waals surface area contributed by atoms with Crippen LogP contribution >= 0.6 is 11.3 Å². The van der Waals surface area contributed by atoms with E-state index in [1.165, 1.54) is 67.2 Å². The Labute approximate surface area is 195 Å². The molecule has 0 unspecified atom stereocenters. The number of thiazole rings is 1. The number of para-hydroxylation sites is 1. The summed E-state index contributed by atoms with van der Waals surface area (Å²) in [5.41, 5.74) is 5.74. The predicted molar refractivity (Wildman–Crippen MR) is 129 cm³/mol.